The quantitative estimate of drug-likeness (QED) is 0.875. The Labute approximate surface area is 101 Å². The van der Waals surface area contributed by atoms with Crippen molar-refractivity contribution in [1.82, 2.24) is 9.78 Å². The molecule has 0 saturated heterocycles. The van der Waals surface area contributed by atoms with Crippen LogP contribution in [0, 0.1) is 19.7 Å². The van der Waals surface area contributed by atoms with Crippen molar-refractivity contribution in [3.63, 3.8) is 0 Å². The molecule has 5 heteroatoms. The van der Waals surface area contributed by atoms with Gasteiger partial charge in [0.05, 0.1) is 15.9 Å². The molecule has 1 aromatic heterocycles. The molecule has 3 nitrogen and oxygen atoms in total. The number of nitrogens with two attached hydrogens (primary N) is 1. The molecule has 0 spiro atoms. The highest BCUT2D eigenvalue weighted by Crippen LogP contribution is 2.27. The highest BCUT2D eigenvalue weighted by Gasteiger charge is 2.12. The van der Waals surface area contributed by atoms with Crippen LogP contribution in [-0.4, -0.2) is 9.78 Å². The van der Waals surface area contributed by atoms with Gasteiger partial charge in [0.25, 0.3) is 0 Å². The minimum Gasteiger partial charge on any atom is -0.383 e. The van der Waals surface area contributed by atoms with E-state index in [9.17, 15) is 4.39 Å². The average molecular weight is 284 g/mol. The van der Waals surface area contributed by atoms with Gasteiger partial charge in [-0.15, -0.1) is 0 Å². The van der Waals surface area contributed by atoms with Crippen molar-refractivity contribution in [2.75, 3.05) is 5.73 Å². The zero-order valence-electron chi connectivity index (χ0n) is 8.96. The summed E-state index contributed by atoms with van der Waals surface area (Å²) in [6, 6.07) is 4.52. The molecule has 0 atom stereocenters. The van der Waals surface area contributed by atoms with Crippen LogP contribution >= 0.6 is 15.9 Å². The molecule has 0 amide bonds. The topological polar surface area (TPSA) is 43.8 Å². The van der Waals surface area contributed by atoms with Gasteiger partial charge in [-0.25, -0.2) is 9.07 Å². The Bertz CT molecular complexity index is 548. The van der Waals surface area contributed by atoms with Gasteiger partial charge in [0.2, 0.25) is 0 Å². The molecule has 0 saturated carbocycles. The van der Waals surface area contributed by atoms with Crippen LogP contribution in [0.15, 0.2) is 22.7 Å². The fraction of sp³-hybridized carbons (Fsp3) is 0.182. The average Bonchev–Trinajstić information content (AvgIpc) is 2.46. The molecule has 2 aromatic rings. The summed E-state index contributed by atoms with van der Waals surface area (Å²) in [4.78, 5) is 0. The number of hydrogen-bond donors (Lipinski definition) is 1. The first-order chi connectivity index (χ1) is 7.50. The molecule has 0 radical (unpaired) electrons. The van der Waals surface area contributed by atoms with Gasteiger partial charge >= 0.3 is 0 Å². The second-order valence-corrected chi connectivity index (χ2v) is 4.42. The molecule has 1 heterocycles. The molecule has 0 unspecified atom stereocenters. The molecular formula is C11H11BrFN3. The summed E-state index contributed by atoms with van der Waals surface area (Å²) in [5.74, 6) is 0.259. The zero-order valence-corrected chi connectivity index (χ0v) is 10.5. The standard InChI is InChI=1S/C11H11BrFN3/c1-6-5-8(13)3-4-9(6)16-11(14)10(12)7(2)15-16/h3-5H,14H2,1-2H3. The zero-order chi connectivity index (χ0) is 11.9. The van der Waals surface area contributed by atoms with E-state index in [0.29, 0.717) is 5.82 Å². The maximum Gasteiger partial charge on any atom is 0.141 e. The first kappa shape index (κ1) is 11.1. The lowest BCUT2D eigenvalue weighted by molar-refractivity contribution is 0.625. The van der Waals surface area contributed by atoms with Gasteiger partial charge in [-0.1, -0.05) is 0 Å². The maximum absolute atomic E-state index is 13.0. The van der Waals surface area contributed by atoms with Crippen LogP contribution in [0.4, 0.5) is 10.2 Å². The predicted molar refractivity (Wildman–Crippen MR) is 65.1 cm³/mol. The number of aryl methyl sites for hydroxylation is 2. The van der Waals surface area contributed by atoms with E-state index in [2.05, 4.69) is 21.0 Å². The monoisotopic (exact) mass is 283 g/mol. The lowest BCUT2D eigenvalue weighted by Crippen LogP contribution is -2.04. The summed E-state index contributed by atoms with van der Waals surface area (Å²) >= 11 is 3.35. The summed E-state index contributed by atoms with van der Waals surface area (Å²) in [5.41, 5.74) is 8.29. The molecular weight excluding hydrogens is 273 g/mol. The first-order valence-electron chi connectivity index (χ1n) is 4.78. The number of nitrogen functional groups attached to an aromatic ring is 1. The largest absolute Gasteiger partial charge is 0.383 e. The number of rotatable bonds is 1. The van der Waals surface area contributed by atoms with Crippen molar-refractivity contribution in [2.45, 2.75) is 13.8 Å². The van der Waals surface area contributed by atoms with E-state index in [1.54, 1.807) is 10.7 Å². The maximum atomic E-state index is 13.0. The highest BCUT2D eigenvalue weighted by atomic mass is 79.9. The minimum atomic E-state index is -0.261. The van der Waals surface area contributed by atoms with Gasteiger partial charge in [-0.2, -0.15) is 5.10 Å². The van der Waals surface area contributed by atoms with Crippen molar-refractivity contribution < 1.29 is 4.39 Å². The summed E-state index contributed by atoms with van der Waals surface area (Å²) in [6.45, 7) is 3.68. The smallest absolute Gasteiger partial charge is 0.141 e. The summed E-state index contributed by atoms with van der Waals surface area (Å²) in [5, 5.41) is 4.29. The van der Waals surface area contributed by atoms with E-state index >= 15 is 0 Å². The van der Waals surface area contributed by atoms with Crippen LogP contribution in [0.3, 0.4) is 0 Å². The minimum absolute atomic E-state index is 0.261. The van der Waals surface area contributed by atoms with Crippen LogP contribution in [0.1, 0.15) is 11.3 Å². The predicted octanol–water partition coefficient (Wildman–Crippen LogP) is 2.97. The summed E-state index contributed by atoms with van der Waals surface area (Å²) in [6.07, 6.45) is 0. The van der Waals surface area contributed by atoms with E-state index < -0.39 is 0 Å². The normalized spacial score (nSPS) is 10.8. The Morgan fingerprint density at radius 1 is 1.38 bits per heavy atom. The SMILES string of the molecule is Cc1cc(F)ccc1-n1nc(C)c(Br)c1N. The van der Waals surface area contributed by atoms with Gasteiger partial charge in [0.1, 0.15) is 11.6 Å². The molecule has 0 bridgehead atoms. The van der Waals surface area contributed by atoms with Crippen molar-refractivity contribution in [3.05, 3.63) is 39.7 Å². The van der Waals surface area contributed by atoms with E-state index in [4.69, 9.17) is 5.73 Å². The molecule has 0 aliphatic heterocycles. The van der Waals surface area contributed by atoms with E-state index in [1.165, 1.54) is 12.1 Å². The van der Waals surface area contributed by atoms with Crippen molar-refractivity contribution in [2.24, 2.45) is 0 Å². The van der Waals surface area contributed by atoms with Crippen LogP contribution < -0.4 is 5.73 Å². The van der Waals surface area contributed by atoms with Crippen LogP contribution in [0.25, 0.3) is 5.69 Å². The van der Waals surface area contributed by atoms with Crippen molar-refractivity contribution >= 4 is 21.7 Å². The fourth-order valence-electron chi connectivity index (χ4n) is 1.57. The third-order valence-corrected chi connectivity index (χ3v) is 3.39. The van der Waals surface area contributed by atoms with Gasteiger partial charge in [0.15, 0.2) is 0 Å². The lowest BCUT2D eigenvalue weighted by Gasteiger charge is -2.07. The Hall–Kier alpha value is -1.36. The Morgan fingerprint density at radius 3 is 2.56 bits per heavy atom. The number of nitrogens with zero attached hydrogens (tertiary/aromatic N) is 2. The van der Waals surface area contributed by atoms with Gasteiger partial charge in [-0.3, -0.25) is 0 Å². The number of hydrogen-bond acceptors (Lipinski definition) is 2. The number of benzene rings is 1. The van der Waals surface area contributed by atoms with E-state index in [0.717, 1.165) is 21.4 Å². The Morgan fingerprint density at radius 2 is 2.06 bits per heavy atom. The van der Waals surface area contributed by atoms with Crippen molar-refractivity contribution in [3.8, 4) is 5.69 Å². The van der Waals surface area contributed by atoms with E-state index in [-0.39, 0.29) is 5.82 Å². The van der Waals surface area contributed by atoms with Crippen LogP contribution in [0.2, 0.25) is 0 Å². The second kappa shape index (κ2) is 3.90. The second-order valence-electron chi connectivity index (χ2n) is 3.63. The van der Waals surface area contributed by atoms with Crippen LogP contribution in [0.5, 0.6) is 0 Å². The Balaban J connectivity index is 2.63. The summed E-state index contributed by atoms with van der Waals surface area (Å²) in [7, 11) is 0. The first-order valence-corrected chi connectivity index (χ1v) is 5.57. The molecule has 0 aliphatic carbocycles. The van der Waals surface area contributed by atoms with Crippen molar-refractivity contribution in [1.29, 1.82) is 0 Å². The fourth-order valence-corrected chi connectivity index (χ4v) is 1.81. The third kappa shape index (κ3) is 1.71. The number of anilines is 1. The number of halogens is 2. The Kier molecular flexibility index (Phi) is 2.71. The van der Waals surface area contributed by atoms with Gasteiger partial charge < -0.3 is 5.73 Å². The molecule has 1 aromatic carbocycles. The third-order valence-electron chi connectivity index (χ3n) is 2.41. The number of aromatic nitrogens is 2. The van der Waals surface area contributed by atoms with Gasteiger partial charge in [-0.05, 0) is 53.5 Å². The molecule has 84 valence electrons. The van der Waals surface area contributed by atoms with E-state index in [1.807, 2.05) is 13.8 Å². The van der Waals surface area contributed by atoms with Crippen LogP contribution in [-0.2, 0) is 0 Å². The molecule has 0 fully saturated rings. The molecule has 2 rings (SSSR count). The molecule has 2 N–H and O–H groups in total. The molecule has 16 heavy (non-hydrogen) atoms. The van der Waals surface area contributed by atoms with Gasteiger partial charge in [0, 0.05) is 0 Å². The molecule has 0 aliphatic rings. The summed E-state index contributed by atoms with van der Waals surface area (Å²) < 4.78 is 15.4. The highest BCUT2D eigenvalue weighted by molar-refractivity contribution is 9.10. The lowest BCUT2D eigenvalue weighted by atomic mass is 10.2.